The highest BCUT2D eigenvalue weighted by Gasteiger charge is 2.34. The maximum absolute atomic E-state index is 12.6. The Morgan fingerprint density at radius 1 is 1.00 bits per heavy atom. The minimum absolute atomic E-state index is 0.0231. The molecule has 2 N–H and O–H groups in total. The third kappa shape index (κ3) is 7.77. The second-order valence-electron chi connectivity index (χ2n) is 14.3. The second kappa shape index (κ2) is 15.7. The number of aromatic nitrogens is 3. The summed E-state index contributed by atoms with van der Waals surface area (Å²) in [5.41, 5.74) is 4.81. The van der Waals surface area contributed by atoms with Gasteiger partial charge in [0.1, 0.15) is 5.82 Å². The third-order valence-electron chi connectivity index (χ3n) is 11.4. The summed E-state index contributed by atoms with van der Waals surface area (Å²) in [6.45, 7) is 7.89. The number of nitrogens with zero attached hydrogens (tertiary/aromatic N) is 5. The number of hydrogen-bond acceptors (Lipinski definition) is 7. The fraction of sp³-hybridized carbons (Fsp3) is 0.590. The summed E-state index contributed by atoms with van der Waals surface area (Å²) in [6, 6.07) is 14.7. The van der Waals surface area contributed by atoms with E-state index in [0.29, 0.717) is 18.4 Å². The van der Waals surface area contributed by atoms with Gasteiger partial charge in [0.25, 0.3) is 5.56 Å². The number of aliphatic carboxylic acids is 1. The van der Waals surface area contributed by atoms with Crippen LogP contribution in [0.1, 0.15) is 106 Å². The van der Waals surface area contributed by atoms with Crippen molar-refractivity contribution in [2.45, 2.75) is 109 Å². The number of carbonyl (C=O) groups is 1. The number of rotatable bonds is 12. The van der Waals surface area contributed by atoms with Gasteiger partial charge in [-0.2, -0.15) is 4.98 Å². The Kier molecular flexibility index (Phi) is 11.1. The van der Waals surface area contributed by atoms with Crippen LogP contribution < -0.4 is 15.8 Å². The maximum atomic E-state index is 12.6. The predicted molar refractivity (Wildman–Crippen MR) is 192 cm³/mol. The first-order valence-electron chi connectivity index (χ1n) is 18.4. The van der Waals surface area contributed by atoms with Crippen molar-refractivity contribution in [3.05, 3.63) is 81.4 Å². The first kappa shape index (κ1) is 34.2. The van der Waals surface area contributed by atoms with Gasteiger partial charge in [-0.05, 0) is 113 Å². The number of piperidine rings is 1. The van der Waals surface area contributed by atoms with Crippen molar-refractivity contribution in [3.8, 4) is 0 Å². The molecule has 2 aromatic heterocycles. The highest BCUT2D eigenvalue weighted by Crippen LogP contribution is 2.39. The zero-order valence-corrected chi connectivity index (χ0v) is 29.1. The van der Waals surface area contributed by atoms with E-state index < -0.39 is 5.97 Å². The minimum Gasteiger partial charge on any atom is -0.481 e. The number of pyridine rings is 1. The smallest absolute Gasteiger partial charge is 0.306 e. The topological polar surface area (TPSA) is 104 Å². The summed E-state index contributed by atoms with van der Waals surface area (Å²) in [7, 11) is 2.13. The van der Waals surface area contributed by atoms with Crippen molar-refractivity contribution in [2.75, 3.05) is 36.9 Å². The Bertz CT molecular complexity index is 1580. The molecule has 3 aromatic rings. The molecule has 1 aromatic carbocycles. The Balaban J connectivity index is 1.36. The van der Waals surface area contributed by atoms with Crippen LogP contribution in [0.2, 0.25) is 0 Å². The quantitative estimate of drug-likeness (QED) is 0.223. The van der Waals surface area contributed by atoms with Gasteiger partial charge in [0.15, 0.2) is 0 Å². The maximum Gasteiger partial charge on any atom is 0.306 e. The van der Waals surface area contributed by atoms with E-state index in [1.54, 1.807) is 10.6 Å². The summed E-state index contributed by atoms with van der Waals surface area (Å²) < 4.78 is 1.80. The van der Waals surface area contributed by atoms with Crippen LogP contribution in [0.15, 0.2) is 53.5 Å². The molecule has 0 bridgehead atoms. The Morgan fingerprint density at radius 3 is 2.44 bits per heavy atom. The van der Waals surface area contributed by atoms with Gasteiger partial charge in [0, 0.05) is 44.0 Å². The van der Waals surface area contributed by atoms with Crippen LogP contribution in [0.4, 0.5) is 11.8 Å². The molecule has 9 heteroatoms. The van der Waals surface area contributed by atoms with Gasteiger partial charge in [-0.15, -0.1) is 0 Å². The SMILES string of the molecule is CC[C@H](C1CCC(C(=O)O)CC1)N(C)c1nc2c(c(N[C@@H](CN3CCCCC3)c3ccc(=O)n(CC)c3)n1)C[C@H](c1ccccc1)CC2. The van der Waals surface area contributed by atoms with Crippen molar-refractivity contribution in [2.24, 2.45) is 11.8 Å². The van der Waals surface area contributed by atoms with Gasteiger partial charge in [0.05, 0.1) is 17.7 Å². The number of carboxylic acids is 1. The summed E-state index contributed by atoms with van der Waals surface area (Å²) in [5, 5.41) is 13.5. The van der Waals surface area contributed by atoms with E-state index in [4.69, 9.17) is 9.97 Å². The van der Waals surface area contributed by atoms with Gasteiger partial charge >= 0.3 is 5.97 Å². The lowest BCUT2D eigenvalue weighted by molar-refractivity contribution is -0.143. The number of anilines is 2. The average Bonchev–Trinajstić information content (AvgIpc) is 3.12. The summed E-state index contributed by atoms with van der Waals surface area (Å²) in [5.74, 6) is 1.58. The van der Waals surface area contributed by atoms with Gasteiger partial charge in [-0.25, -0.2) is 4.98 Å². The normalized spacial score (nSPS) is 22.8. The molecule has 3 atom stereocenters. The first-order valence-corrected chi connectivity index (χ1v) is 18.4. The van der Waals surface area contributed by atoms with Gasteiger partial charge < -0.3 is 24.8 Å². The van der Waals surface area contributed by atoms with Crippen molar-refractivity contribution in [3.63, 3.8) is 0 Å². The molecule has 48 heavy (non-hydrogen) atoms. The van der Waals surface area contributed by atoms with Gasteiger partial charge in [-0.3, -0.25) is 9.59 Å². The number of fused-ring (bicyclic) bond motifs is 1. The Labute approximate surface area is 285 Å². The summed E-state index contributed by atoms with van der Waals surface area (Å²) >= 11 is 0. The molecule has 2 fully saturated rings. The molecule has 1 saturated carbocycles. The average molecular weight is 655 g/mol. The zero-order chi connectivity index (χ0) is 33.6. The van der Waals surface area contributed by atoms with Crippen molar-refractivity contribution >= 4 is 17.7 Å². The number of aryl methyl sites for hydroxylation is 2. The molecule has 3 aliphatic rings. The van der Waals surface area contributed by atoms with Gasteiger partial charge in [0.2, 0.25) is 5.95 Å². The first-order chi connectivity index (χ1) is 23.3. The van der Waals surface area contributed by atoms with Crippen molar-refractivity contribution in [1.29, 1.82) is 0 Å². The second-order valence-corrected chi connectivity index (χ2v) is 14.3. The lowest BCUT2D eigenvalue weighted by atomic mass is 9.77. The monoisotopic (exact) mass is 654 g/mol. The fourth-order valence-electron chi connectivity index (χ4n) is 8.51. The number of hydrogen-bond donors (Lipinski definition) is 2. The third-order valence-corrected chi connectivity index (χ3v) is 11.4. The number of carboxylic acid groups (broad SMARTS) is 1. The molecule has 1 saturated heterocycles. The standard InChI is InChI=1S/C39H54N6O3/c1-4-35(28-14-16-29(17-15-28)38(47)48)43(3)39-41-33-20-18-30(27-12-8-6-9-13-27)24-32(33)37(42-39)40-34(26-44-22-10-7-11-23-44)31-19-21-36(46)45(5-2)25-31/h6,8-9,12-13,19,21,25,28-30,34-35H,4-5,7,10-11,14-18,20,22-24,26H2,1-3H3,(H,47,48)(H,40,41,42)/t28?,29?,30-,34+,35-/m1/s1. The van der Waals surface area contributed by atoms with Crippen molar-refractivity contribution in [1.82, 2.24) is 19.4 Å². The van der Waals surface area contributed by atoms with E-state index in [-0.39, 0.29) is 23.6 Å². The van der Waals surface area contributed by atoms with E-state index in [1.165, 1.54) is 30.4 Å². The number of likely N-dealkylation sites (tertiary alicyclic amines) is 1. The minimum atomic E-state index is -0.661. The molecule has 6 rings (SSSR count). The molecule has 2 aliphatic carbocycles. The zero-order valence-electron chi connectivity index (χ0n) is 29.1. The van der Waals surface area contributed by atoms with Crippen LogP contribution >= 0.6 is 0 Å². The highest BCUT2D eigenvalue weighted by molar-refractivity contribution is 5.70. The fourth-order valence-corrected chi connectivity index (χ4v) is 8.51. The highest BCUT2D eigenvalue weighted by atomic mass is 16.4. The predicted octanol–water partition coefficient (Wildman–Crippen LogP) is 6.68. The van der Waals surface area contributed by atoms with Crippen LogP contribution in [-0.2, 0) is 24.2 Å². The molecule has 0 spiro atoms. The number of benzene rings is 1. The number of nitrogens with one attached hydrogen (secondary N) is 1. The van der Waals surface area contributed by atoms with Crippen LogP contribution in [0.5, 0.6) is 0 Å². The molecular formula is C39H54N6O3. The molecule has 0 amide bonds. The lowest BCUT2D eigenvalue weighted by Crippen LogP contribution is -2.41. The van der Waals surface area contributed by atoms with Crippen LogP contribution in [-0.4, -0.2) is 63.2 Å². The van der Waals surface area contributed by atoms with Crippen LogP contribution in [0, 0.1) is 11.8 Å². The summed E-state index contributed by atoms with van der Waals surface area (Å²) in [6.07, 6.45) is 12.8. The Hall–Kier alpha value is -3.72. The molecule has 0 radical (unpaired) electrons. The van der Waals surface area contributed by atoms with Crippen LogP contribution in [0.25, 0.3) is 0 Å². The van der Waals surface area contributed by atoms with E-state index in [9.17, 15) is 14.7 Å². The van der Waals surface area contributed by atoms with E-state index in [1.807, 2.05) is 19.2 Å². The molecule has 258 valence electrons. The van der Waals surface area contributed by atoms with Crippen molar-refractivity contribution < 1.29 is 9.90 Å². The molecule has 1 aliphatic heterocycles. The molecule has 9 nitrogen and oxygen atoms in total. The Morgan fingerprint density at radius 2 is 1.75 bits per heavy atom. The lowest BCUT2D eigenvalue weighted by Gasteiger charge is -2.38. The van der Waals surface area contributed by atoms with E-state index in [2.05, 4.69) is 59.4 Å². The van der Waals surface area contributed by atoms with E-state index >= 15 is 0 Å². The largest absolute Gasteiger partial charge is 0.481 e. The molecule has 3 heterocycles. The van der Waals surface area contributed by atoms with Crippen LogP contribution in [0.3, 0.4) is 0 Å². The van der Waals surface area contributed by atoms with E-state index in [0.717, 1.165) is 94.0 Å². The van der Waals surface area contributed by atoms with Gasteiger partial charge in [-0.1, -0.05) is 43.7 Å². The molecule has 0 unspecified atom stereocenters. The summed E-state index contributed by atoms with van der Waals surface area (Å²) in [4.78, 5) is 39.7. The molecular weight excluding hydrogens is 600 g/mol.